The molecule has 1 fully saturated rings. The van der Waals surface area contributed by atoms with Gasteiger partial charge in [-0.05, 0) is 12.5 Å². The van der Waals surface area contributed by atoms with E-state index in [1.807, 2.05) is 6.07 Å². The Hall–Kier alpha value is -0.990. The number of benzene rings is 1. The average molecular weight is 361 g/mol. The molecule has 0 spiro atoms. The van der Waals surface area contributed by atoms with E-state index in [0.29, 0.717) is 0 Å². The summed E-state index contributed by atoms with van der Waals surface area (Å²) < 4.78 is 5.58. The molecule has 7 heteroatoms. The Kier molecular flexibility index (Phi) is 6.30. The zero-order chi connectivity index (χ0) is 14.9. The largest absolute Gasteiger partial charge is 0.388 e. The van der Waals surface area contributed by atoms with Crippen LogP contribution in [-0.4, -0.2) is 51.7 Å². The van der Waals surface area contributed by atoms with Crippen LogP contribution in [0.25, 0.3) is 0 Å². The molecule has 21 heavy (non-hydrogen) atoms. The maximum Gasteiger partial charge on any atom is 0.111 e. The third-order valence-corrected chi connectivity index (χ3v) is 3.71. The van der Waals surface area contributed by atoms with Crippen molar-refractivity contribution in [3.8, 4) is 0 Å². The van der Waals surface area contributed by atoms with Crippen molar-refractivity contribution in [2.24, 2.45) is 5.73 Å². The number of halogens is 1. The Morgan fingerprint density at radius 1 is 1.14 bits per heavy atom. The predicted molar refractivity (Wildman–Crippen MR) is 83.8 cm³/mol. The van der Waals surface area contributed by atoms with E-state index in [4.69, 9.17) is 15.9 Å². The first kappa shape index (κ1) is 18.1. The van der Waals surface area contributed by atoms with Crippen LogP contribution in [0.15, 0.2) is 30.3 Å². The van der Waals surface area contributed by atoms with Gasteiger partial charge in [-0.3, -0.25) is 5.41 Å². The molecule has 0 radical (unpaired) electrons. The van der Waals surface area contributed by atoms with E-state index < -0.39 is 36.4 Å². The topological polar surface area (TPSA) is 120 Å². The molecular formula is C14H21BrN2O4. The zero-order valence-corrected chi connectivity index (χ0v) is 13.3. The molecule has 6 atom stereocenters. The van der Waals surface area contributed by atoms with Gasteiger partial charge in [0.05, 0.1) is 12.0 Å². The Morgan fingerprint density at radius 3 is 2.24 bits per heavy atom. The van der Waals surface area contributed by atoms with Crippen LogP contribution in [0.1, 0.15) is 18.4 Å². The molecule has 6 N–H and O–H groups in total. The van der Waals surface area contributed by atoms with Crippen molar-refractivity contribution in [3.63, 3.8) is 0 Å². The normalized spacial score (nSPS) is 33.8. The first-order valence-electron chi connectivity index (χ1n) is 6.52. The lowest BCUT2D eigenvalue weighted by molar-refractivity contribution is -0.218. The maximum atomic E-state index is 10.1. The van der Waals surface area contributed by atoms with Crippen LogP contribution >= 0.6 is 17.0 Å². The number of hydrogen-bond donors (Lipinski definition) is 5. The number of aliphatic hydroxyl groups is 3. The van der Waals surface area contributed by atoms with E-state index >= 15 is 0 Å². The Labute approximate surface area is 133 Å². The van der Waals surface area contributed by atoms with E-state index in [9.17, 15) is 15.3 Å². The molecule has 118 valence electrons. The van der Waals surface area contributed by atoms with Crippen LogP contribution in [0.3, 0.4) is 0 Å². The monoisotopic (exact) mass is 360 g/mol. The fourth-order valence-corrected chi connectivity index (χ4v) is 2.57. The molecule has 0 bridgehead atoms. The summed E-state index contributed by atoms with van der Waals surface area (Å²) in [7, 11) is 0. The maximum absolute atomic E-state index is 10.1. The van der Waals surface area contributed by atoms with Crippen molar-refractivity contribution in [2.45, 2.75) is 43.4 Å². The Balaban J connectivity index is 0.00000220. The minimum absolute atomic E-state index is 0. The van der Waals surface area contributed by atoms with Crippen LogP contribution in [0.5, 0.6) is 0 Å². The summed E-state index contributed by atoms with van der Waals surface area (Å²) in [5.74, 6) is -0.827. The molecular weight excluding hydrogens is 340 g/mol. The number of rotatable bonds is 3. The van der Waals surface area contributed by atoms with Crippen LogP contribution < -0.4 is 5.73 Å². The van der Waals surface area contributed by atoms with Crippen LogP contribution in [0, 0.1) is 5.41 Å². The zero-order valence-electron chi connectivity index (χ0n) is 11.6. The second-order valence-corrected chi connectivity index (χ2v) is 5.12. The minimum Gasteiger partial charge on any atom is -0.388 e. The van der Waals surface area contributed by atoms with E-state index in [0.717, 1.165) is 5.56 Å². The van der Waals surface area contributed by atoms with Gasteiger partial charge in [-0.15, -0.1) is 17.0 Å². The van der Waals surface area contributed by atoms with Gasteiger partial charge < -0.3 is 25.8 Å². The fraction of sp³-hybridized carbons (Fsp3) is 0.500. The molecule has 6 nitrogen and oxygen atoms in total. The van der Waals surface area contributed by atoms with Gasteiger partial charge in [0.25, 0.3) is 0 Å². The smallest absolute Gasteiger partial charge is 0.111 e. The second kappa shape index (κ2) is 7.33. The highest BCUT2D eigenvalue weighted by Crippen LogP contribution is 2.31. The third-order valence-electron chi connectivity index (χ3n) is 3.71. The van der Waals surface area contributed by atoms with Gasteiger partial charge in [-0.1, -0.05) is 30.3 Å². The molecule has 1 aromatic rings. The van der Waals surface area contributed by atoms with Gasteiger partial charge >= 0.3 is 0 Å². The molecule has 1 aromatic carbocycles. The van der Waals surface area contributed by atoms with Crippen LogP contribution in [0.2, 0.25) is 0 Å². The lowest BCUT2D eigenvalue weighted by Gasteiger charge is -2.42. The highest BCUT2D eigenvalue weighted by atomic mass is 79.9. The standard InChI is InChI=1S/C14H20N2O4.BrH/c1-7-10(17)11(18)12(19)13(20-7)9(14(15)16)8-5-3-2-4-6-8;/h2-7,9-13,17-19H,1H3,(H3,15,16);1H/t7-,9?,10+,11+,12-,13+;/m0./s1. The molecule has 1 unspecified atom stereocenters. The minimum atomic E-state index is -1.32. The van der Waals surface area contributed by atoms with Crippen molar-refractivity contribution >= 4 is 22.8 Å². The molecule has 1 saturated heterocycles. The van der Waals surface area contributed by atoms with Gasteiger partial charge in [0.15, 0.2) is 0 Å². The average Bonchev–Trinajstić information content (AvgIpc) is 2.43. The van der Waals surface area contributed by atoms with Crippen LogP contribution in [-0.2, 0) is 4.74 Å². The fourth-order valence-electron chi connectivity index (χ4n) is 2.57. The predicted octanol–water partition coefficient (Wildman–Crippen LogP) is 0.154. The molecule has 1 aliphatic rings. The van der Waals surface area contributed by atoms with E-state index in [-0.39, 0.29) is 22.8 Å². The Morgan fingerprint density at radius 2 is 1.71 bits per heavy atom. The summed E-state index contributed by atoms with van der Waals surface area (Å²) in [5, 5.41) is 37.4. The number of aliphatic hydroxyl groups excluding tert-OH is 3. The van der Waals surface area contributed by atoms with Crippen LogP contribution in [0.4, 0.5) is 0 Å². The quantitative estimate of drug-likeness (QED) is 0.388. The molecule has 0 saturated carbocycles. The van der Waals surface area contributed by atoms with E-state index in [1.54, 1.807) is 31.2 Å². The SMILES string of the molecule is Br.C[C@@H]1O[C@H](C(C(=N)N)c2ccccc2)[C@@H](O)[C@H](O)[C@@H]1O. The molecule has 0 amide bonds. The van der Waals surface area contributed by atoms with Crippen molar-refractivity contribution in [1.29, 1.82) is 5.41 Å². The highest BCUT2D eigenvalue weighted by Gasteiger charge is 2.46. The molecule has 0 aromatic heterocycles. The summed E-state index contributed by atoms with van der Waals surface area (Å²) in [4.78, 5) is 0. The van der Waals surface area contributed by atoms with Gasteiger partial charge in [0.2, 0.25) is 0 Å². The van der Waals surface area contributed by atoms with Gasteiger partial charge in [-0.2, -0.15) is 0 Å². The van der Waals surface area contributed by atoms with Crippen molar-refractivity contribution in [3.05, 3.63) is 35.9 Å². The van der Waals surface area contributed by atoms with E-state index in [1.165, 1.54) is 0 Å². The number of amidine groups is 1. The second-order valence-electron chi connectivity index (χ2n) is 5.12. The number of nitrogens with two attached hydrogens (primary N) is 1. The number of nitrogens with one attached hydrogen (secondary N) is 1. The summed E-state index contributed by atoms with van der Waals surface area (Å²) in [6, 6.07) is 9.00. The highest BCUT2D eigenvalue weighted by molar-refractivity contribution is 8.93. The summed E-state index contributed by atoms with van der Waals surface area (Å²) in [6.45, 7) is 1.61. The summed E-state index contributed by atoms with van der Waals surface area (Å²) in [6.07, 6.45) is -5.32. The van der Waals surface area contributed by atoms with Crippen molar-refractivity contribution in [2.75, 3.05) is 0 Å². The molecule has 1 heterocycles. The summed E-state index contributed by atoms with van der Waals surface area (Å²) in [5.41, 5.74) is 6.36. The lowest BCUT2D eigenvalue weighted by atomic mass is 9.83. The van der Waals surface area contributed by atoms with Gasteiger partial charge in [0, 0.05) is 0 Å². The third kappa shape index (κ3) is 3.61. The van der Waals surface area contributed by atoms with E-state index in [2.05, 4.69) is 0 Å². The number of ether oxygens (including phenoxy) is 1. The molecule has 0 aliphatic carbocycles. The number of hydrogen-bond acceptors (Lipinski definition) is 5. The Bertz CT molecular complexity index is 473. The first-order chi connectivity index (χ1) is 9.43. The van der Waals surface area contributed by atoms with Gasteiger partial charge in [0.1, 0.15) is 30.3 Å². The van der Waals surface area contributed by atoms with Crippen molar-refractivity contribution < 1.29 is 20.1 Å². The van der Waals surface area contributed by atoms with Crippen molar-refractivity contribution in [1.82, 2.24) is 0 Å². The summed E-state index contributed by atoms with van der Waals surface area (Å²) >= 11 is 0. The molecule has 2 rings (SSSR count). The molecule has 1 aliphatic heterocycles. The van der Waals surface area contributed by atoms with Gasteiger partial charge in [-0.25, -0.2) is 0 Å². The lowest BCUT2D eigenvalue weighted by Crippen LogP contribution is -2.59. The first-order valence-corrected chi connectivity index (χ1v) is 6.52.